The van der Waals surface area contributed by atoms with Gasteiger partial charge in [-0.2, -0.15) is 0 Å². The van der Waals surface area contributed by atoms with Crippen molar-refractivity contribution in [3.63, 3.8) is 0 Å². The molecule has 0 spiro atoms. The second kappa shape index (κ2) is 8.09. The first-order valence-electron chi connectivity index (χ1n) is 7.67. The number of ether oxygens (including phenoxy) is 2. The van der Waals surface area contributed by atoms with Crippen molar-refractivity contribution in [1.29, 1.82) is 0 Å². The summed E-state index contributed by atoms with van der Waals surface area (Å²) in [7, 11) is 0. The molecule has 0 bridgehead atoms. The van der Waals surface area contributed by atoms with Crippen molar-refractivity contribution in [3.05, 3.63) is 94.0 Å². The Bertz CT molecular complexity index is 983. The zero-order valence-corrected chi connectivity index (χ0v) is 15.2. The molecule has 0 saturated heterocycles. The van der Waals surface area contributed by atoms with Crippen LogP contribution in [0.2, 0.25) is 0 Å². The van der Waals surface area contributed by atoms with E-state index < -0.39 is 23.6 Å². The van der Waals surface area contributed by atoms with Gasteiger partial charge in [-0.15, -0.1) is 0 Å². The Morgan fingerprint density at radius 2 is 1.19 bits per heavy atom. The molecule has 4 nitrogen and oxygen atoms in total. The number of halogens is 3. The van der Waals surface area contributed by atoms with E-state index in [1.54, 1.807) is 30.3 Å². The van der Waals surface area contributed by atoms with Crippen molar-refractivity contribution in [2.45, 2.75) is 0 Å². The summed E-state index contributed by atoms with van der Waals surface area (Å²) in [5.41, 5.74) is -0.133. The molecule has 0 aliphatic carbocycles. The predicted molar refractivity (Wildman–Crippen MR) is 96.9 cm³/mol. The largest absolute Gasteiger partial charge is 0.423 e. The van der Waals surface area contributed by atoms with E-state index in [-0.39, 0.29) is 16.9 Å². The maximum absolute atomic E-state index is 13.3. The van der Waals surface area contributed by atoms with Crippen LogP contribution in [0.3, 0.4) is 0 Å². The first-order valence-corrected chi connectivity index (χ1v) is 8.47. The summed E-state index contributed by atoms with van der Waals surface area (Å²) >= 11 is 3.27. The second-order valence-corrected chi connectivity index (χ2v) is 6.30. The van der Waals surface area contributed by atoms with Crippen LogP contribution < -0.4 is 9.47 Å². The highest BCUT2D eigenvalue weighted by Crippen LogP contribution is 2.21. The lowest BCUT2D eigenvalue weighted by Crippen LogP contribution is -2.17. The lowest BCUT2D eigenvalue weighted by atomic mass is 10.1. The van der Waals surface area contributed by atoms with Crippen LogP contribution in [0.1, 0.15) is 20.7 Å². The molecule has 0 fully saturated rings. The Balaban J connectivity index is 1.83. The Kier molecular flexibility index (Phi) is 5.61. The molecule has 0 saturated carbocycles. The van der Waals surface area contributed by atoms with Crippen LogP contribution in [-0.2, 0) is 0 Å². The van der Waals surface area contributed by atoms with Crippen molar-refractivity contribution < 1.29 is 27.8 Å². The monoisotopic (exact) mass is 432 g/mol. The number of carbonyl (C=O) groups is 2. The molecule has 3 aromatic carbocycles. The predicted octanol–water partition coefficient (Wildman–Crippen LogP) is 5.17. The van der Waals surface area contributed by atoms with E-state index in [4.69, 9.17) is 9.47 Å². The van der Waals surface area contributed by atoms with Gasteiger partial charge in [-0.3, -0.25) is 0 Å². The molecule has 0 aliphatic rings. The molecule has 3 rings (SSSR count). The van der Waals surface area contributed by atoms with Crippen LogP contribution in [0.5, 0.6) is 11.5 Å². The second-order valence-electron chi connectivity index (χ2n) is 5.38. The number of hydrogen-bond donors (Lipinski definition) is 0. The SMILES string of the molecule is O=C(Oc1ccc(Br)cc1)c1ccccc1C(=O)Oc1cc(F)cc(F)c1. The van der Waals surface area contributed by atoms with Crippen molar-refractivity contribution >= 4 is 27.9 Å². The number of rotatable bonds is 4. The minimum absolute atomic E-state index is 0.0395. The van der Waals surface area contributed by atoms with Gasteiger partial charge in [0.1, 0.15) is 23.1 Å². The maximum atomic E-state index is 13.3. The summed E-state index contributed by atoms with van der Waals surface area (Å²) in [6.07, 6.45) is 0. The minimum Gasteiger partial charge on any atom is -0.423 e. The molecular weight excluding hydrogens is 422 g/mol. The van der Waals surface area contributed by atoms with E-state index >= 15 is 0 Å². The van der Waals surface area contributed by atoms with Gasteiger partial charge in [0.15, 0.2) is 0 Å². The van der Waals surface area contributed by atoms with Gasteiger partial charge in [-0.1, -0.05) is 28.1 Å². The third-order valence-electron chi connectivity index (χ3n) is 3.44. The third-order valence-corrected chi connectivity index (χ3v) is 3.97. The average molecular weight is 433 g/mol. The molecule has 0 heterocycles. The first-order chi connectivity index (χ1) is 12.9. The molecular formula is C20H11BrF2O4. The van der Waals surface area contributed by atoms with Gasteiger partial charge in [-0.25, -0.2) is 18.4 Å². The molecule has 0 aromatic heterocycles. The molecule has 0 amide bonds. The highest BCUT2D eigenvalue weighted by atomic mass is 79.9. The molecule has 7 heteroatoms. The van der Waals surface area contributed by atoms with Crippen LogP contribution in [0.4, 0.5) is 8.78 Å². The molecule has 0 unspecified atom stereocenters. The molecule has 136 valence electrons. The van der Waals surface area contributed by atoms with Gasteiger partial charge in [-0.05, 0) is 36.4 Å². The maximum Gasteiger partial charge on any atom is 0.344 e. The van der Waals surface area contributed by atoms with Gasteiger partial charge in [0.2, 0.25) is 0 Å². The Hall–Kier alpha value is -3.06. The van der Waals surface area contributed by atoms with E-state index in [1.807, 2.05) is 0 Å². The fourth-order valence-electron chi connectivity index (χ4n) is 2.25. The lowest BCUT2D eigenvalue weighted by molar-refractivity contribution is 0.0691. The van der Waals surface area contributed by atoms with Crippen molar-refractivity contribution in [3.8, 4) is 11.5 Å². The fraction of sp³-hybridized carbons (Fsp3) is 0. The smallest absolute Gasteiger partial charge is 0.344 e. The first kappa shape index (κ1) is 18.7. The van der Waals surface area contributed by atoms with Crippen LogP contribution in [0, 0.1) is 11.6 Å². The van der Waals surface area contributed by atoms with Crippen LogP contribution in [0.25, 0.3) is 0 Å². The number of benzene rings is 3. The molecule has 0 aliphatic heterocycles. The molecule has 0 atom stereocenters. The molecule has 0 N–H and O–H groups in total. The highest BCUT2D eigenvalue weighted by molar-refractivity contribution is 9.10. The van der Waals surface area contributed by atoms with Gasteiger partial charge in [0.05, 0.1) is 11.1 Å². The molecule has 27 heavy (non-hydrogen) atoms. The molecule has 3 aromatic rings. The number of carbonyl (C=O) groups excluding carboxylic acids is 2. The normalized spacial score (nSPS) is 10.3. The van der Waals surface area contributed by atoms with Gasteiger partial charge in [0, 0.05) is 22.7 Å². The van der Waals surface area contributed by atoms with E-state index in [1.165, 1.54) is 18.2 Å². The standard InChI is InChI=1S/C20H11BrF2O4/c21-12-5-7-15(8-6-12)26-19(24)17-3-1-2-4-18(17)20(25)27-16-10-13(22)9-14(23)11-16/h1-11H. The number of hydrogen-bond acceptors (Lipinski definition) is 4. The Morgan fingerprint density at radius 1 is 0.704 bits per heavy atom. The zero-order valence-electron chi connectivity index (χ0n) is 13.6. The number of esters is 2. The average Bonchev–Trinajstić information content (AvgIpc) is 2.62. The zero-order chi connectivity index (χ0) is 19.4. The van der Waals surface area contributed by atoms with E-state index in [0.29, 0.717) is 11.8 Å². The van der Waals surface area contributed by atoms with Crippen LogP contribution in [-0.4, -0.2) is 11.9 Å². The van der Waals surface area contributed by atoms with E-state index in [0.717, 1.165) is 16.6 Å². The van der Waals surface area contributed by atoms with E-state index in [2.05, 4.69) is 15.9 Å². The summed E-state index contributed by atoms with van der Waals surface area (Å²) < 4.78 is 37.5. The summed E-state index contributed by atoms with van der Waals surface area (Å²) in [5, 5.41) is 0. The van der Waals surface area contributed by atoms with Crippen LogP contribution >= 0.6 is 15.9 Å². The summed E-state index contributed by atoms with van der Waals surface area (Å²) in [6.45, 7) is 0. The third kappa shape index (κ3) is 4.77. The van der Waals surface area contributed by atoms with Crippen molar-refractivity contribution in [2.75, 3.05) is 0 Å². The fourth-order valence-corrected chi connectivity index (χ4v) is 2.52. The lowest BCUT2D eigenvalue weighted by Gasteiger charge is -2.10. The summed E-state index contributed by atoms with van der Waals surface area (Å²) in [5.74, 6) is -3.51. The minimum atomic E-state index is -0.941. The summed E-state index contributed by atoms with van der Waals surface area (Å²) in [6, 6.07) is 14.8. The summed E-state index contributed by atoms with van der Waals surface area (Å²) in [4.78, 5) is 24.8. The van der Waals surface area contributed by atoms with Gasteiger partial charge in [0.25, 0.3) is 0 Å². The van der Waals surface area contributed by atoms with Crippen molar-refractivity contribution in [1.82, 2.24) is 0 Å². The Labute approximate surface area is 161 Å². The topological polar surface area (TPSA) is 52.6 Å². The van der Waals surface area contributed by atoms with Gasteiger partial charge >= 0.3 is 11.9 Å². The van der Waals surface area contributed by atoms with Gasteiger partial charge < -0.3 is 9.47 Å². The van der Waals surface area contributed by atoms with Crippen molar-refractivity contribution in [2.24, 2.45) is 0 Å². The quantitative estimate of drug-likeness (QED) is 0.421. The van der Waals surface area contributed by atoms with E-state index in [9.17, 15) is 18.4 Å². The highest BCUT2D eigenvalue weighted by Gasteiger charge is 2.20. The van der Waals surface area contributed by atoms with Crippen LogP contribution in [0.15, 0.2) is 71.2 Å². The molecule has 0 radical (unpaired) electrons. The Morgan fingerprint density at radius 3 is 1.70 bits per heavy atom.